The summed E-state index contributed by atoms with van der Waals surface area (Å²) >= 11 is 0. The predicted molar refractivity (Wildman–Crippen MR) is 325 cm³/mol. The topological polar surface area (TPSA) is 64.7 Å². The van der Waals surface area contributed by atoms with Gasteiger partial charge in [-0.2, -0.15) is 0 Å². The maximum atomic E-state index is 6.28. The van der Waals surface area contributed by atoms with Crippen LogP contribution in [-0.4, -0.2) is 19.9 Å². The van der Waals surface area contributed by atoms with Crippen molar-refractivity contribution in [1.82, 2.24) is 19.9 Å². The van der Waals surface area contributed by atoms with Crippen molar-refractivity contribution in [3.05, 3.63) is 292 Å². The van der Waals surface area contributed by atoms with E-state index in [2.05, 4.69) is 245 Å². The van der Waals surface area contributed by atoms with Crippen molar-refractivity contribution in [3.63, 3.8) is 0 Å². The van der Waals surface area contributed by atoms with Crippen LogP contribution in [0.2, 0.25) is 0 Å². The Hall–Kier alpha value is -10.6. The molecule has 14 rings (SSSR count). The molecule has 0 aliphatic heterocycles. The minimum Gasteiger partial charge on any atom is -0.438 e. The summed E-state index contributed by atoms with van der Waals surface area (Å²) in [4.78, 5) is 18.8. The quantitative estimate of drug-likeness (QED) is 0.129. The van der Waals surface area contributed by atoms with Crippen molar-refractivity contribution in [2.75, 3.05) is 0 Å². The number of para-hydroxylation sites is 1. The van der Waals surface area contributed by atoms with Gasteiger partial charge >= 0.3 is 0 Å². The lowest BCUT2D eigenvalue weighted by atomic mass is 9.84. The van der Waals surface area contributed by atoms with Gasteiger partial charge in [-0.15, -0.1) is 0 Å². The van der Waals surface area contributed by atoms with Crippen LogP contribution in [0.3, 0.4) is 0 Å². The molecule has 0 saturated heterocycles. The SMILES string of the molecule is c1ccc(-c2ccc(-c3cc(-c4ncnc5oc6ccccc6c45)ccc3-c3ccccc3-c3cc(-c4ccccc4-c4ccc(-c5ccccn5)cc4)cc(-c4ccccc4-c4ccc(-c5ccccn5)cc4)c3)cc2)cc1. The second kappa shape index (κ2) is 20.5. The number of hydrogen-bond acceptors (Lipinski definition) is 5. The van der Waals surface area contributed by atoms with Crippen molar-refractivity contribution in [2.45, 2.75) is 0 Å². The smallest absolute Gasteiger partial charge is 0.230 e. The summed E-state index contributed by atoms with van der Waals surface area (Å²) in [6.07, 6.45) is 5.29. The first-order valence-corrected chi connectivity index (χ1v) is 26.6. The van der Waals surface area contributed by atoms with Gasteiger partial charge in [-0.05, 0) is 144 Å². The number of hydrogen-bond donors (Lipinski definition) is 0. The zero-order chi connectivity index (χ0) is 52.5. The van der Waals surface area contributed by atoms with Gasteiger partial charge in [0.05, 0.1) is 22.5 Å². The third-order valence-corrected chi connectivity index (χ3v) is 15.0. The zero-order valence-corrected chi connectivity index (χ0v) is 42.9. The summed E-state index contributed by atoms with van der Waals surface area (Å²) in [6.45, 7) is 0. The van der Waals surface area contributed by atoms with Crippen LogP contribution in [0, 0.1) is 0 Å². The fraction of sp³-hybridized carbons (Fsp3) is 0. The number of benzene rings is 10. The normalized spacial score (nSPS) is 11.3. The molecular formula is C74H48N4O. The van der Waals surface area contributed by atoms with Gasteiger partial charge in [-0.3, -0.25) is 9.97 Å². The lowest BCUT2D eigenvalue weighted by molar-refractivity contribution is 0.653. The molecule has 0 bridgehead atoms. The summed E-state index contributed by atoms with van der Waals surface area (Å²) in [5.41, 5.74) is 25.2. The van der Waals surface area contributed by atoms with Gasteiger partial charge in [0.25, 0.3) is 0 Å². The van der Waals surface area contributed by atoms with Crippen molar-refractivity contribution in [2.24, 2.45) is 0 Å². The minimum absolute atomic E-state index is 0.566. The Labute approximate surface area is 458 Å². The van der Waals surface area contributed by atoms with Crippen LogP contribution >= 0.6 is 0 Å². The van der Waals surface area contributed by atoms with Gasteiger partial charge in [0.2, 0.25) is 5.71 Å². The molecule has 0 aliphatic carbocycles. The Kier molecular flexibility index (Phi) is 12.2. The summed E-state index contributed by atoms with van der Waals surface area (Å²) in [7, 11) is 0. The highest BCUT2D eigenvalue weighted by atomic mass is 16.3. The van der Waals surface area contributed by atoms with E-state index < -0.39 is 0 Å². The molecule has 0 fully saturated rings. The van der Waals surface area contributed by atoms with Crippen LogP contribution in [0.25, 0.3) is 145 Å². The first-order chi connectivity index (χ1) is 39.2. The first kappa shape index (κ1) is 46.9. The lowest BCUT2D eigenvalue weighted by Crippen LogP contribution is -1.94. The molecule has 0 amide bonds. The monoisotopic (exact) mass is 1010 g/mol. The largest absolute Gasteiger partial charge is 0.438 e. The van der Waals surface area contributed by atoms with E-state index in [0.717, 1.165) is 134 Å². The third-order valence-electron chi connectivity index (χ3n) is 15.0. The van der Waals surface area contributed by atoms with Gasteiger partial charge in [0, 0.05) is 34.5 Å². The van der Waals surface area contributed by atoms with Gasteiger partial charge in [-0.25, -0.2) is 9.97 Å². The van der Waals surface area contributed by atoms with Gasteiger partial charge in [-0.1, -0.05) is 218 Å². The number of nitrogens with zero attached hydrogens (tertiary/aromatic N) is 4. The second-order valence-electron chi connectivity index (χ2n) is 19.7. The molecule has 5 nitrogen and oxygen atoms in total. The molecular weight excluding hydrogens is 961 g/mol. The summed E-state index contributed by atoms with van der Waals surface area (Å²) in [6, 6.07) is 97.4. The van der Waals surface area contributed by atoms with E-state index in [1.165, 1.54) is 5.56 Å². The standard InChI is InChI=1S/C74H48N4O/c1-2-16-49(17-3-1)50-28-30-53(31-29-50)68-47-56(73-72-67-24-10-11-27-71(67)79-74(72)78-48-77-73)40-41-66(68)65-23-9-8-22-64(65)59-45-57(62-20-6-4-18-60(62)51-32-36-54(37-33-51)69-25-12-14-42-75-69)44-58(46-59)63-21-7-5-19-61(63)52-34-38-55(39-35-52)70-26-13-15-43-76-70/h1-48H. The molecule has 4 aromatic heterocycles. The Morgan fingerprint density at radius 3 is 1.19 bits per heavy atom. The molecule has 0 atom stereocenters. The van der Waals surface area contributed by atoms with E-state index in [9.17, 15) is 0 Å². The van der Waals surface area contributed by atoms with Crippen LogP contribution in [0.5, 0.6) is 0 Å². The van der Waals surface area contributed by atoms with E-state index in [1.807, 2.05) is 54.9 Å². The van der Waals surface area contributed by atoms with Gasteiger partial charge in [0.15, 0.2) is 0 Å². The number of rotatable bonds is 11. The first-order valence-electron chi connectivity index (χ1n) is 26.6. The van der Waals surface area contributed by atoms with E-state index in [4.69, 9.17) is 9.40 Å². The summed E-state index contributed by atoms with van der Waals surface area (Å²) in [5.74, 6) is 0. The zero-order valence-electron chi connectivity index (χ0n) is 42.9. The molecule has 0 aliphatic rings. The molecule has 79 heavy (non-hydrogen) atoms. The van der Waals surface area contributed by atoms with E-state index in [1.54, 1.807) is 6.33 Å². The molecule has 5 heteroatoms. The molecule has 0 unspecified atom stereocenters. The predicted octanol–water partition coefficient (Wildman–Crippen LogP) is 19.5. The Bertz CT molecular complexity index is 4350. The number of fused-ring (bicyclic) bond motifs is 3. The number of furan rings is 1. The second-order valence-corrected chi connectivity index (χ2v) is 19.7. The highest BCUT2D eigenvalue weighted by Crippen LogP contribution is 2.46. The summed E-state index contributed by atoms with van der Waals surface area (Å²) < 4.78 is 6.28. The van der Waals surface area contributed by atoms with Crippen LogP contribution in [0.4, 0.5) is 0 Å². The van der Waals surface area contributed by atoms with Gasteiger partial charge < -0.3 is 4.42 Å². The van der Waals surface area contributed by atoms with Gasteiger partial charge in [0.1, 0.15) is 11.9 Å². The molecule has 0 spiro atoms. The van der Waals surface area contributed by atoms with Crippen molar-refractivity contribution < 1.29 is 4.42 Å². The van der Waals surface area contributed by atoms with Crippen LogP contribution in [-0.2, 0) is 0 Å². The number of aromatic nitrogens is 4. The molecule has 14 aromatic rings. The average Bonchev–Trinajstić information content (AvgIpc) is 4.04. The highest BCUT2D eigenvalue weighted by molar-refractivity contribution is 6.10. The van der Waals surface area contributed by atoms with E-state index in [0.29, 0.717) is 5.71 Å². The van der Waals surface area contributed by atoms with E-state index in [-0.39, 0.29) is 0 Å². The molecule has 10 aromatic carbocycles. The van der Waals surface area contributed by atoms with Crippen molar-refractivity contribution >= 4 is 22.1 Å². The molecule has 370 valence electrons. The Morgan fingerprint density at radius 2 is 0.646 bits per heavy atom. The Balaban J connectivity index is 0.956. The fourth-order valence-electron chi connectivity index (χ4n) is 11.2. The number of pyridine rings is 2. The molecule has 4 heterocycles. The maximum Gasteiger partial charge on any atom is 0.230 e. The molecule has 0 N–H and O–H groups in total. The maximum absolute atomic E-state index is 6.28. The molecule has 0 radical (unpaired) electrons. The van der Waals surface area contributed by atoms with Crippen LogP contribution < -0.4 is 0 Å². The van der Waals surface area contributed by atoms with E-state index >= 15 is 0 Å². The Morgan fingerprint density at radius 1 is 0.241 bits per heavy atom. The van der Waals surface area contributed by atoms with Crippen molar-refractivity contribution in [3.8, 4) is 123 Å². The minimum atomic E-state index is 0.566. The molecule has 0 saturated carbocycles. The van der Waals surface area contributed by atoms with Crippen LogP contribution in [0.15, 0.2) is 296 Å². The average molecular weight is 1010 g/mol. The lowest BCUT2D eigenvalue weighted by Gasteiger charge is -2.19. The third kappa shape index (κ3) is 9.05. The summed E-state index contributed by atoms with van der Waals surface area (Å²) in [5, 5.41) is 1.88. The van der Waals surface area contributed by atoms with Crippen molar-refractivity contribution in [1.29, 1.82) is 0 Å². The fourth-order valence-corrected chi connectivity index (χ4v) is 11.2. The van der Waals surface area contributed by atoms with Crippen LogP contribution in [0.1, 0.15) is 0 Å². The highest BCUT2D eigenvalue weighted by Gasteiger charge is 2.21.